The molecule has 0 bridgehead atoms. The summed E-state index contributed by atoms with van der Waals surface area (Å²) in [5, 5.41) is 0. The van der Waals surface area contributed by atoms with E-state index in [0.717, 1.165) is 97.0 Å². The Balaban J connectivity index is 4.12. The maximum atomic E-state index is 12.4. The third-order valence-corrected chi connectivity index (χ3v) is 8.71. The molecular formula is C39H69O8P. The van der Waals surface area contributed by atoms with Crippen LogP contribution in [0.15, 0.2) is 48.6 Å². The number of phosphoric acid groups is 1. The molecule has 0 fully saturated rings. The van der Waals surface area contributed by atoms with Crippen LogP contribution in [0.5, 0.6) is 0 Å². The molecule has 1 N–H and O–H groups in total. The molecule has 2 unspecified atom stereocenters. The number of hydrogen-bond acceptors (Lipinski definition) is 7. The van der Waals surface area contributed by atoms with Gasteiger partial charge >= 0.3 is 19.8 Å². The Morgan fingerprint density at radius 2 is 1.04 bits per heavy atom. The lowest BCUT2D eigenvalue weighted by molar-refractivity contribution is -0.161. The second-order valence-electron chi connectivity index (χ2n) is 12.3. The van der Waals surface area contributed by atoms with Crippen LogP contribution in [0.25, 0.3) is 0 Å². The highest BCUT2D eigenvalue weighted by Gasteiger charge is 2.24. The van der Waals surface area contributed by atoms with Gasteiger partial charge in [0.2, 0.25) is 0 Å². The molecule has 0 radical (unpaired) electrons. The van der Waals surface area contributed by atoms with Crippen LogP contribution in [-0.2, 0) is 32.7 Å². The highest BCUT2D eigenvalue weighted by molar-refractivity contribution is 7.47. The van der Waals surface area contributed by atoms with E-state index in [1.165, 1.54) is 38.5 Å². The smallest absolute Gasteiger partial charge is 0.462 e. The zero-order chi connectivity index (χ0) is 35.4. The van der Waals surface area contributed by atoms with E-state index < -0.39 is 32.5 Å². The van der Waals surface area contributed by atoms with E-state index >= 15 is 0 Å². The number of ether oxygens (including phenoxy) is 2. The van der Waals surface area contributed by atoms with Crippen LogP contribution in [0.3, 0.4) is 0 Å². The number of hydrogen-bond donors (Lipinski definition) is 1. The summed E-state index contributed by atoms with van der Waals surface area (Å²) in [7, 11) is -3.21. The van der Waals surface area contributed by atoms with Gasteiger partial charge in [-0.1, -0.05) is 127 Å². The Kier molecular flexibility index (Phi) is 33.4. The van der Waals surface area contributed by atoms with Crippen molar-refractivity contribution in [2.45, 2.75) is 168 Å². The van der Waals surface area contributed by atoms with E-state index in [-0.39, 0.29) is 19.4 Å². The zero-order valence-electron chi connectivity index (χ0n) is 30.6. The summed E-state index contributed by atoms with van der Waals surface area (Å²) in [5.41, 5.74) is 0. The van der Waals surface area contributed by atoms with E-state index in [4.69, 9.17) is 14.0 Å². The van der Waals surface area contributed by atoms with Crippen molar-refractivity contribution >= 4 is 19.8 Å². The number of carbonyl (C=O) groups excluding carboxylic acids is 2. The summed E-state index contributed by atoms with van der Waals surface area (Å²) in [5.74, 6) is -0.841. The fourth-order valence-corrected chi connectivity index (χ4v) is 5.30. The van der Waals surface area contributed by atoms with Gasteiger partial charge in [-0.25, -0.2) is 4.57 Å². The first kappa shape index (κ1) is 46.0. The molecule has 0 aliphatic heterocycles. The Bertz CT molecular complexity index is 927. The van der Waals surface area contributed by atoms with Gasteiger partial charge in [0.05, 0.1) is 6.61 Å². The molecule has 9 heteroatoms. The van der Waals surface area contributed by atoms with Gasteiger partial charge in [0, 0.05) is 20.0 Å². The largest absolute Gasteiger partial charge is 0.472 e. The lowest BCUT2D eigenvalue weighted by Crippen LogP contribution is -2.29. The fourth-order valence-electron chi connectivity index (χ4n) is 4.84. The topological polar surface area (TPSA) is 108 Å². The van der Waals surface area contributed by atoms with Crippen molar-refractivity contribution < 1.29 is 37.6 Å². The maximum Gasteiger partial charge on any atom is 0.472 e. The van der Waals surface area contributed by atoms with Crippen LogP contribution < -0.4 is 0 Å². The van der Waals surface area contributed by atoms with Gasteiger partial charge in [0.25, 0.3) is 0 Å². The zero-order valence-corrected chi connectivity index (χ0v) is 31.5. The molecule has 0 spiro atoms. The van der Waals surface area contributed by atoms with Crippen LogP contribution in [-0.4, -0.2) is 43.3 Å². The first-order chi connectivity index (χ1) is 23.3. The highest BCUT2D eigenvalue weighted by atomic mass is 31.2. The van der Waals surface area contributed by atoms with Crippen molar-refractivity contribution in [3.05, 3.63) is 48.6 Å². The second kappa shape index (κ2) is 34.9. The molecule has 0 aliphatic carbocycles. The summed E-state index contributed by atoms with van der Waals surface area (Å²) < 4.78 is 31.8. The number of allylic oxidation sites excluding steroid dienone is 8. The number of esters is 2. The van der Waals surface area contributed by atoms with Crippen molar-refractivity contribution in [3.8, 4) is 0 Å². The average Bonchev–Trinajstić information content (AvgIpc) is 3.07. The van der Waals surface area contributed by atoms with Crippen molar-refractivity contribution in [1.29, 1.82) is 0 Å². The predicted octanol–water partition coefficient (Wildman–Crippen LogP) is 11.4. The predicted molar refractivity (Wildman–Crippen MR) is 198 cm³/mol. The summed E-state index contributed by atoms with van der Waals surface area (Å²) >= 11 is 0. The van der Waals surface area contributed by atoms with Crippen molar-refractivity contribution in [2.24, 2.45) is 0 Å². The summed E-state index contributed by atoms with van der Waals surface area (Å²) in [6.07, 6.45) is 40.1. The number of phosphoric ester groups is 1. The highest BCUT2D eigenvalue weighted by Crippen LogP contribution is 2.42. The molecule has 0 amide bonds. The van der Waals surface area contributed by atoms with Crippen LogP contribution in [0.2, 0.25) is 0 Å². The van der Waals surface area contributed by atoms with Gasteiger partial charge < -0.3 is 14.4 Å². The summed E-state index contributed by atoms with van der Waals surface area (Å²) in [6, 6.07) is 0. The monoisotopic (exact) mass is 696 g/mol. The maximum absolute atomic E-state index is 12.4. The molecule has 278 valence electrons. The van der Waals surface area contributed by atoms with Gasteiger partial charge in [-0.05, 0) is 70.6 Å². The minimum absolute atomic E-state index is 0.224. The van der Waals surface area contributed by atoms with Gasteiger partial charge in [-0.2, -0.15) is 0 Å². The van der Waals surface area contributed by atoms with E-state index in [1.54, 1.807) is 0 Å². The van der Waals surface area contributed by atoms with Gasteiger partial charge in [-0.3, -0.25) is 18.6 Å². The van der Waals surface area contributed by atoms with Gasteiger partial charge in [0.1, 0.15) is 6.61 Å². The van der Waals surface area contributed by atoms with E-state index in [2.05, 4.69) is 67.0 Å². The molecule has 8 nitrogen and oxygen atoms in total. The Labute approximate surface area is 293 Å². The second-order valence-corrected chi connectivity index (χ2v) is 13.9. The molecule has 48 heavy (non-hydrogen) atoms. The van der Waals surface area contributed by atoms with E-state index in [1.807, 2.05) is 0 Å². The third kappa shape index (κ3) is 33.9. The van der Waals surface area contributed by atoms with Crippen molar-refractivity contribution in [2.75, 3.05) is 20.3 Å². The Morgan fingerprint density at radius 3 is 1.54 bits per heavy atom. The minimum Gasteiger partial charge on any atom is -0.462 e. The van der Waals surface area contributed by atoms with Crippen LogP contribution >= 0.6 is 7.82 Å². The van der Waals surface area contributed by atoms with E-state index in [0.29, 0.717) is 6.42 Å². The average molecular weight is 697 g/mol. The number of rotatable bonds is 34. The molecule has 0 aromatic heterocycles. The standard InChI is InChI=1S/C39H69O8P/c1-4-6-8-10-12-14-16-18-19-20-22-24-26-28-30-32-34-39(41)47-37(36-46-48(42,43)44-3)35-45-38(40)33-31-29-27-25-23-21-17-15-13-11-9-7-5-2/h9,11,14-17,19-20,37H,4-8,10,12-13,18,21-36H2,1-3H3,(H,42,43)/b11-9-,16-14-,17-15-,20-19-. The third-order valence-electron chi connectivity index (χ3n) is 7.78. The summed E-state index contributed by atoms with van der Waals surface area (Å²) in [4.78, 5) is 34.3. The molecule has 0 heterocycles. The molecule has 2 atom stereocenters. The molecule has 0 aromatic rings. The Hall–Kier alpha value is -1.99. The van der Waals surface area contributed by atoms with Crippen LogP contribution in [0, 0.1) is 0 Å². The number of unbranched alkanes of at least 4 members (excludes halogenated alkanes) is 15. The molecule has 0 aromatic carbocycles. The normalized spacial score (nSPS) is 14.0. The lowest BCUT2D eigenvalue weighted by Gasteiger charge is -2.19. The lowest BCUT2D eigenvalue weighted by atomic mass is 10.1. The van der Waals surface area contributed by atoms with Crippen LogP contribution in [0.1, 0.15) is 162 Å². The SMILES string of the molecule is CCC/C=C\C/C=C\CCCCCCCC(=O)OCC(COP(=O)(O)OC)OC(=O)CCCCCCC/C=C\C/C=C\CCCCCC. The fraction of sp³-hybridized carbons (Fsp3) is 0.744. The molecule has 0 saturated carbocycles. The van der Waals surface area contributed by atoms with Gasteiger partial charge in [0.15, 0.2) is 6.10 Å². The van der Waals surface area contributed by atoms with Crippen molar-refractivity contribution in [1.82, 2.24) is 0 Å². The molecule has 0 rings (SSSR count). The Morgan fingerprint density at radius 1 is 0.583 bits per heavy atom. The van der Waals surface area contributed by atoms with Crippen LogP contribution in [0.4, 0.5) is 0 Å². The molecule has 0 aliphatic rings. The molecule has 0 saturated heterocycles. The van der Waals surface area contributed by atoms with Crippen molar-refractivity contribution in [3.63, 3.8) is 0 Å². The van der Waals surface area contributed by atoms with E-state index in [9.17, 15) is 19.0 Å². The first-order valence-electron chi connectivity index (χ1n) is 18.8. The minimum atomic E-state index is -4.26. The summed E-state index contributed by atoms with van der Waals surface area (Å²) in [6.45, 7) is 3.76. The molecular weight excluding hydrogens is 627 g/mol. The van der Waals surface area contributed by atoms with Gasteiger partial charge in [-0.15, -0.1) is 0 Å². The quantitative estimate of drug-likeness (QED) is 0.0306. The first-order valence-corrected chi connectivity index (χ1v) is 20.3. The number of carbonyl (C=O) groups is 2.